The van der Waals surface area contributed by atoms with Crippen LogP contribution in [0.3, 0.4) is 0 Å². The smallest absolute Gasteiger partial charge is 0.387 e. The number of hydrogen-bond donors (Lipinski definition) is 3. The van der Waals surface area contributed by atoms with Gasteiger partial charge in [-0.25, -0.2) is 9.36 Å². The Morgan fingerprint density at radius 1 is 1.34 bits per heavy atom. The van der Waals surface area contributed by atoms with Crippen LogP contribution in [-0.2, 0) is 29.0 Å². The van der Waals surface area contributed by atoms with Crippen molar-refractivity contribution in [3.63, 3.8) is 0 Å². The third-order valence-corrected chi connectivity index (χ3v) is 7.23. The Kier molecular flexibility index (Phi) is 6.83. The SMILES string of the molecule is C[C@@]1(O)[C@H](O)[C@@H](COP2(=O)OCCC(c3ccccc3C(F)(F)F)O2)O[C@H]1n1ccc(N)nc1=O. The van der Waals surface area contributed by atoms with Gasteiger partial charge in [-0.1, -0.05) is 18.2 Å². The molecule has 2 aromatic rings. The first-order valence-electron chi connectivity index (χ1n) is 10.5. The molecule has 2 fully saturated rings. The second-order valence-electron chi connectivity index (χ2n) is 8.28. The van der Waals surface area contributed by atoms with Gasteiger partial charge in [0.2, 0.25) is 0 Å². The highest BCUT2D eigenvalue weighted by molar-refractivity contribution is 7.48. The number of aliphatic hydroxyl groups excluding tert-OH is 1. The van der Waals surface area contributed by atoms with Gasteiger partial charge in [0.1, 0.15) is 23.6 Å². The molecule has 0 saturated carbocycles. The molecule has 2 aliphatic heterocycles. The highest BCUT2D eigenvalue weighted by Crippen LogP contribution is 2.58. The average molecular weight is 521 g/mol. The quantitative estimate of drug-likeness (QED) is 0.499. The Morgan fingerprint density at radius 3 is 2.74 bits per heavy atom. The van der Waals surface area contributed by atoms with E-state index in [0.717, 1.165) is 10.6 Å². The summed E-state index contributed by atoms with van der Waals surface area (Å²) < 4.78 is 75.4. The van der Waals surface area contributed by atoms with Crippen molar-refractivity contribution in [1.29, 1.82) is 0 Å². The van der Waals surface area contributed by atoms with E-state index >= 15 is 0 Å². The van der Waals surface area contributed by atoms with Crippen molar-refractivity contribution < 1.29 is 46.3 Å². The lowest BCUT2D eigenvalue weighted by atomic mass is 9.96. The van der Waals surface area contributed by atoms with Gasteiger partial charge in [-0.3, -0.25) is 18.1 Å². The first-order valence-corrected chi connectivity index (χ1v) is 11.9. The number of alkyl halides is 3. The molecule has 2 aliphatic rings. The molecule has 0 amide bonds. The Bertz CT molecular complexity index is 1190. The molecule has 4 rings (SSSR count). The summed E-state index contributed by atoms with van der Waals surface area (Å²) in [7, 11) is -4.37. The van der Waals surface area contributed by atoms with Crippen LogP contribution in [0.15, 0.2) is 41.3 Å². The molecule has 1 aromatic heterocycles. The number of benzene rings is 1. The van der Waals surface area contributed by atoms with Crippen LogP contribution in [-0.4, -0.2) is 50.8 Å². The standard InChI is InChI=1S/C20H23F3N3O8P/c1-19(29)16(27)14(33-17(19)26-8-6-15(24)25-18(26)28)10-32-35(30)31-9-7-13(34-35)11-4-2-3-5-12(11)20(21,22)23/h2-6,8,13-14,16-17,27,29H,7,9-10H2,1H3,(H2,24,25,28)/t13?,14-,16-,17-,19-,35?/m1/s1. The van der Waals surface area contributed by atoms with E-state index in [9.17, 15) is 32.7 Å². The Hall–Kier alpha value is -2.32. The average Bonchev–Trinajstić information content (AvgIpc) is 3.01. The molecular formula is C20H23F3N3O8P. The van der Waals surface area contributed by atoms with Gasteiger partial charge in [0.05, 0.1) is 24.9 Å². The molecule has 2 saturated heterocycles. The molecule has 0 aliphatic carbocycles. The molecule has 6 atom stereocenters. The maximum Gasteiger partial charge on any atom is 0.475 e. The monoisotopic (exact) mass is 521 g/mol. The van der Waals surface area contributed by atoms with Gasteiger partial charge in [-0.05, 0) is 24.6 Å². The van der Waals surface area contributed by atoms with Crippen LogP contribution in [0, 0.1) is 0 Å². The van der Waals surface area contributed by atoms with E-state index < -0.39 is 62.0 Å². The predicted octanol–water partition coefficient (Wildman–Crippen LogP) is 2.16. The summed E-state index contributed by atoms with van der Waals surface area (Å²) in [6.45, 7) is 0.371. The van der Waals surface area contributed by atoms with Gasteiger partial charge in [0, 0.05) is 12.6 Å². The topological polar surface area (TPSA) is 155 Å². The lowest BCUT2D eigenvalue weighted by molar-refractivity contribution is -0.139. The minimum atomic E-state index is -4.65. The Labute approximate surface area is 196 Å². The van der Waals surface area contributed by atoms with Crippen molar-refractivity contribution in [2.75, 3.05) is 18.9 Å². The molecule has 0 bridgehead atoms. The zero-order valence-corrected chi connectivity index (χ0v) is 19.2. The van der Waals surface area contributed by atoms with Crippen LogP contribution in [0.2, 0.25) is 0 Å². The third-order valence-electron chi connectivity index (χ3n) is 5.75. The fraction of sp³-hybridized carbons (Fsp3) is 0.500. The van der Waals surface area contributed by atoms with Crippen LogP contribution in [0.5, 0.6) is 0 Å². The Balaban J connectivity index is 1.48. The largest absolute Gasteiger partial charge is 0.475 e. The molecule has 0 radical (unpaired) electrons. The first-order chi connectivity index (χ1) is 16.3. The van der Waals surface area contributed by atoms with Crippen LogP contribution >= 0.6 is 7.82 Å². The maximum atomic E-state index is 13.4. The number of anilines is 1. The van der Waals surface area contributed by atoms with E-state index in [0.29, 0.717) is 0 Å². The lowest BCUT2D eigenvalue weighted by Gasteiger charge is -2.31. The maximum absolute atomic E-state index is 13.4. The third kappa shape index (κ3) is 5.14. The zero-order chi connectivity index (χ0) is 25.6. The van der Waals surface area contributed by atoms with E-state index in [4.69, 9.17) is 24.0 Å². The highest BCUT2D eigenvalue weighted by Gasteiger charge is 2.54. The predicted molar refractivity (Wildman–Crippen MR) is 113 cm³/mol. The fourth-order valence-corrected chi connectivity index (χ4v) is 5.36. The summed E-state index contributed by atoms with van der Waals surface area (Å²) in [5.41, 5.74) is 1.47. The van der Waals surface area contributed by atoms with E-state index in [1.807, 2.05) is 0 Å². The second kappa shape index (κ2) is 9.28. The fourth-order valence-electron chi connectivity index (χ4n) is 3.97. The summed E-state index contributed by atoms with van der Waals surface area (Å²) >= 11 is 0. The number of aromatic nitrogens is 2. The number of hydrogen-bond acceptors (Lipinski definition) is 10. The van der Waals surface area contributed by atoms with Gasteiger partial charge in [0.15, 0.2) is 6.23 Å². The van der Waals surface area contributed by atoms with Crippen LogP contribution in [0.1, 0.15) is 36.8 Å². The number of ether oxygens (including phenoxy) is 1. The van der Waals surface area contributed by atoms with E-state index in [1.54, 1.807) is 0 Å². The molecule has 11 nitrogen and oxygen atoms in total. The molecule has 192 valence electrons. The van der Waals surface area contributed by atoms with Crippen LogP contribution < -0.4 is 11.4 Å². The number of phosphoric ester groups is 1. The molecule has 15 heteroatoms. The molecule has 4 N–H and O–H groups in total. The number of rotatable bonds is 5. The van der Waals surface area contributed by atoms with Crippen molar-refractivity contribution in [2.45, 2.75) is 49.7 Å². The number of halogens is 3. The van der Waals surface area contributed by atoms with Crippen molar-refractivity contribution in [3.8, 4) is 0 Å². The summed E-state index contributed by atoms with van der Waals surface area (Å²) in [6.07, 6.45) is -8.98. The van der Waals surface area contributed by atoms with Gasteiger partial charge in [0.25, 0.3) is 0 Å². The molecule has 2 unspecified atom stereocenters. The van der Waals surface area contributed by atoms with Crippen LogP contribution in [0.4, 0.5) is 19.0 Å². The number of nitrogen functional groups attached to an aromatic ring is 1. The van der Waals surface area contributed by atoms with Crippen molar-refractivity contribution >= 4 is 13.6 Å². The van der Waals surface area contributed by atoms with Gasteiger partial charge in [-0.2, -0.15) is 18.2 Å². The van der Waals surface area contributed by atoms with E-state index in [2.05, 4.69) is 4.98 Å². The number of aliphatic hydroxyl groups is 2. The summed E-state index contributed by atoms with van der Waals surface area (Å²) in [5.74, 6) is -0.0596. The zero-order valence-electron chi connectivity index (χ0n) is 18.3. The first kappa shape index (κ1) is 25.8. The minimum absolute atomic E-state index is 0.00711. The van der Waals surface area contributed by atoms with Gasteiger partial charge in [-0.15, -0.1) is 0 Å². The van der Waals surface area contributed by atoms with E-state index in [1.165, 1.54) is 37.4 Å². The normalized spacial score (nSPS) is 33.7. The Morgan fingerprint density at radius 2 is 2.06 bits per heavy atom. The van der Waals surface area contributed by atoms with Crippen molar-refractivity contribution in [1.82, 2.24) is 9.55 Å². The molecule has 35 heavy (non-hydrogen) atoms. The number of nitrogens with two attached hydrogens (primary N) is 1. The van der Waals surface area contributed by atoms with E-state index in [-0.39, 0.29) is 24.4 Å². The van der Waals surface area contributed by atoms with Crippen LogP contribution in [0.25, 0.3) is 0 Å². The lowest BCUT2D eigenvalue weighted by Crippen LogP contribution is -2.46. The summed E-state index contributed by atoms with van der Waals surface area (Å²) in [5, 5.41) is 21.3. The molecule has 0 spiro atoms. The van der Waals surface area contributed by atoms with Crippen molar-refractivity contribution in [2.24, 2.45) is 0 Å². The second-order valence-corrected chi connectivity index (χ2v) is 9.91. The minimum Gasteiger partial charge on any atom is -0.387 e. The summed E-state index contributed by atoms with van der Waals surface area (Å²) in [4.78, 5) is 15.7. The molecular weight excluding hydrogens is 498 g/mol. The number of phosphoric acid groups is 1. The number of nitrogens with zero attached hydrogens (tertiary/aromatic N) is 2. The molecule has 3 heterocycles. The van der Waals surface area contributed by atoms with Crippen molar-refractivity contribution in [3.05, 3.63) is 58.1 Å². The molecule has 1 aromatic carbocycles. The van der Waals surface area contributed by atoms with Gasteiger partial charge >= 0.3 is 19.7 Å². The highest BCUT2D eigenvalue weighted by atomic mass is 31.2. The van der Waals surface area contributed by atoms with Gasteiger partial charge < -0.3 is 20.7 Å². The summed E-state index contributed by atoms with van der Waals surface area (Å²) in [6, 6.07) is 6.02.